The molecule has 16 atom stereocenters. The molecule has 416 valence electrons. The van der Waals surface area contributed by atoms with E-state index < -0.39 is 16.4 Å². The van der Waals surface area contributed by atoms with Crippen molar-refractivity contribution in [2.45, 2.75) is 224 Å². The van der Waals surface area contributed by atoms with Gasteiger partial charge in [-0.1, -0.05) is 99.3 Å². The largest absolute Gasteiger partial charge is 0.509 e. The Bertz CT molecular complexity index is 2940. The van der Waals surface area contributed by atoms with Crippen molar-refractivity contribution in [2.75, 3.05) is 26.2 Å². The molecule has 0 aromatic heterocycles. The number of hydrogen-bond acceptors (Lipinski definition) is 8. The van der Waals surface area contributed by atoms with Gasteiger partial charge < -0.3 is 25.2 Å². The summed E-state index contributed by atoms with van der Waals surface area (Å²) < 4.78 is 15.0. The number of rotatable bonds is 5. The first-order chi connectivity index (χ1) is 38.1. The summed E-state index contributed by atoms with van der Waals surface area (Å²) in [5, 5.41) is 14.2. The summed E-state index contributed by atoms with van der Waals surface area (Å²) in [6.45, 7) is 6.60. The van der Waals surface area contributed by atoms with Gasteiger partial charge in [-0.15, -0.1) is 0 Å². The van der Waals surface area contributed by atoms with Gasteiger partial charge in [0.15, 0.2) is 11.4 Å². The highest BCUT2D eigenvalue weighted by Crippen LogP contribution is 2.90. The van der Waals surface area contributed by atoms with Gasteiger partial charge in [-0.25, -0.2) is 4.79 Å². The normalized spacial score (nSPS) is 47.4. The molecule has 7 saturated carbocycles. The number of esters is 2. The molecule has 16 unspecified atom stereocenters. The molecule has 10 fully saturated rings. The van der Waals surface area contributed by atoms with Crippen molar-refractivity contribution in [1.82, 2.24) is 9.80 Å². The Morgan fingerprint density at radius 3 is 2.42 bits per heavy atom. The zero-order valence-electron chi connectivity index (χ0n) is 47.5. The molecule has 11 aliphatic carbocycles. The Hall–Kier alpha value is -3.36. The number of ether oxygens (including phenoxy) is 2. The van der Waals surface area contributed by atoms with E-state index in [0.717, 1.165) is 61.9 Å². The minimum Gasteiger partial charge on any atom is -0.509 e. The number of fused-ring (bicyclic) bond motifs is 5. The van der Waals surface area contributed by atoms with Gasteiger partial charge in [0, 0.05) is 67.2 Å². The van der Waals surface area contributed by atoms with Crippen LogP contribution >= 0.6 is 0 Å². The van der Waals surface area contributed by atoms with E-state index in [0.29, 0.717) is 101 Å². The van der Waals surface area contributed by atoms with Crippen molar-refractivity contribution in [3.05, 3.63) is 80.5 Å². The number of carbonyl (C=O) groups excluding carboxylic acids is 2. The zero-order valence-corrected chi connectivity index (χ0v) is 47.5. The lowest BCUT2D eigenvalue weighted by atomic mass is 9.26. The third kappa shape index (κ3) is 5.45. The van der Waals surface area contributed by atoms with Crippen LogP contribution in [-0.4, -0.2) is 65.1 Å². The summed E-state index contributed by atoms with van der Waals surface area (Å²) in [7, 11) is 0. The van der Waals surface area contributed by atoms with Crippen LogP contribution in [0.4, 0.5) is 0 Å². The lowest BCUT2D eigenvalue weighted by molar-refractivity contribution is -0.284. The molecule has 8 heteroatoms. The second kappa shape index (κ2) is 16.2. The van der Waals surface area contributed by atoms with Crippen LogP contribution in [0.3, 0.4) is 0 Å². The number of aliphatic hydroxyl groups is 1. The quantitative estimate of drug-likeness (QED) is 0.222. The van der Waals surface area contributed by atoms with Gasteiger partial charge in [-0.2, -0.15) is 0 Å². The number of nitrogens with zero attached hydrogens (tertiary/aromatic N) is 2. The first kappa shape index (κ1) is 48.2. The highest BCUT2D eigenvalue weighted by molar-refractivity contribution is 6.00. The molecule has 0 radical (unpaired) electrons. The van der Waals surface area contributed by atoms with E-state index in [2.05, 4.69) is 41.0 Å². The second-order valence-electron chi connectivity index (χ2n) is 31.2. The number of piperidine rings is 2. The maximum absolute atomic E-state index is 16.9. The molecule has 0 amide bonds. The summed E-state index contributed by atoms with van der Waals surface area (Å²) in [6.07, 6.45) is 40.1. The topological polar surface area (TPSA) is 105 Å². The maximum Gasteiger partial charge on any atom is 0.339 e. The van der Waals surface area contributed by atoms with Gasteiger partial charge in [-0.05, 0) is 216 Å². The molecule has 8 nitrogen and oxygen atoms in total. The van der Waals surface area contributed by atoms with Crippen LogP contribution in [0.15, 0.2) is 63.8 Å². The monoisotopic (exact) mass is 1050 g/mol. The highest BCUT2D eigenvalue weighted by Gasteiger charge is 2.94. The van der Waals surface area contributed by atoms with Gasteiger partial charge >= 0.3 is 11.9 Å². The minimum atomic E-state index is -1.14. The molecular formula is C70H91N3O5. The van der Waals surface area contributed by atoms with E-state index in [1.54, 1.807) is 22.4 Å². The van der Waals surface area contributed by atoms with E-state index in [4.69, 9.17) is 15.2 Å². The molecule has 21 rings (SSSR count). The molecule has 3 saturated heterocycles. The van der Waals surface area contributed by atoms with Crippen molar-refractivity contribution in [3.63, 3.8) is 0 Å². The molecule has 9 aliphatic heterocycles. The third-order valence-electron chi connectivity index (χ3n) is 29.4. The molecule has 7 spiro atoms. The summed E-state index contributed by atoms with van der Waals surface area (Å²) in [5.74, 6) is 3.83. The molecule has 78 heavy (non-hydrogen) atoms. The minimum absolute atomic E-state index is 0.110. The smallest absolute Gasteiger partial charge is 0.339 e. The van der Waals surface area contributed by atoms with Gasteiger partial charge in [-0.3, -0.25) is 9.69 Å². The van der Waals surface area contributed by atoms with Crippen LogP contribution in [0.2, 0.25) is 0 Å². The summed E-state index contributed by atoms with van der Waals surface area (Å²) in [5.41, 5.74) is 15.3. The van der Waals surface area contributed by atoms with E-state index in [-0.39, 0.29) is 35.2 Å². The van der Waals surface area contributed by atoms with Crippen molar-refractivity contribution in [2.24, 2.45) is 91.5 Å². The average molecular weight is 1050 g/mol. The summed E-state index contributed by atoms with van der Waals surface area (Å²) in [6, 6.07) is 7.28. The van der Waals surface area contributed by atoms with Crippen LogP contribution in [0.25, 0.3) is 0 Å². The van der Waals surface area contributed by atoms with Crippen molar-refractivity contribution in [1.29, 1.82) is 0 Å². The van der Waals surface area contributed by atoms with Gasteiger partial charge in [0.05, 0.1) is 11.0 Å². The molecule has 9 heterocycles. The Kier molecular flexibility index (Phi) is 10.0. The fourth-order valence-corrected chi connectivity index (χ4v) is 27.2. The fourth-order valence-electron chi connectivity index (χ4n) is 27.2. The lowest BCUT2D eigenvalue weighted by Crippen LogP contribution is -2.78. The van der Waals surface area contributed by atoms with Crippen LogP contribution in [0, 0.1) is 85.8 Å². The lowest BCUT2D eigenvalue weighted by Gasteiger charge is -2.74. The number of benzene rings is 1. The molecule has 3 N–H and O–H groups in total. The maximum atomic E-state index is 16.9. The Morgan fingerprint density at radius 2 is 1.59 bits per heavy atom. The number of carbonyl (C=O) groups is 2. The predicted molar refractivity (Wildman–Crippen MR) is 300 cm³/mol. The highest BCUT2D eigenvalue weighted by atomic mass is 16.6. The molecular weight excluding hydrogens is 963 g/mol. The number of allylic oxidation sites excluding steroid dienone is 4. The number of aliphatic hydroxyl groups excluding tert-OH is 1. The zero-order chi connectivity index (χ0) is 51.9. The van der Waals surface area contributed by atoms with Gasteiger partial charge in [0.25, 0.3) is 0 Å². The van der Waals surface area contributed by atoms with E-state index in [1.807, 2.05) is 0 Å². The first-order valence-electron chi connectivity index (χ1n) is 33.4. The van der Waals surface area contributed by atoms with Gasteiger partial charge in [0.1, 0.15) is 11.2 Å². The summed E-state index contributed by atoms with van der Waals surface area (Å²) >= 11 is 0. The van der Waals surface area contributed by atoms with Crippen LogP contribution < -0.4 is 5.73 Å². The fraction of sp³-hybridized carbons (Fsp3) is 0.771. The van der Waals surface area contributed by atoms with Crippen molar-refractivity contribution < 1.29 is 24.2 Å². The van der Waals surface area contributed by atoms with E-state index in [1.165, 1.54) is 160 Å². The Labute approximate surface area is 465 Å². The molecule has 1 aromatic rings. The van der Waals surface area contributed by atoms with Crippen LogP contribution in [0.1, 0.15) is 221 Å². The predicted octanol–water partition coefficient (Wildman–Crippen LogP) is 14.1. The second-order valence-corrected chi connectivity index (χ2v) is 31.2. The van der Waals surface area contributed by atoms with Crippen LogP contribution in [-0.2, 0) is 26.3 Å². The molecule has 20 aliphatic rings. The third-order valence-corrected chi connectivity index (χ3v) is 29.4. The standard InChI is InChI=1S/C70H91N3O5/c1-41-30-46-17-18-53-48-31-42-38-72(40-48)54(49-35-65(23-7-8-24-65)67(36-49)26-11-25-64(67)21-5-6-22-64)34-55(74)61-68-28-20-50-58-51-37-66(41,59(50)60(46)73(53)39-42)27-19-45(51)32-47(43-12-3-2-4-13-43)33-56(69(58,68)63(76)77-61)70(68)52-16-9-14-44(15-10-29-71)57(52)62(75)78-70/h9,14,16,32,41-43,47-49,51,53-54,56,59,74H,2-8,10-13,15,17-31,33-40,71H2,1H3. The SMILES string of the molecule is CC1CC2=C3C4C5=C6C7CC14CCC7=CC(C1CCCCC1)CC1C64C(=O)OC(=C(O)CC(C6CC7(CCCC7)C7(CCCC78CCCC8)C6)N6CC7CC(C6)C(CC2)N3C7)C4(CC5)C12OC(=O)c1c(CCCN)cccc12. The van der Waals surface area contributed by atoms with E-state index in [9.17, 15) is 5.11 Å². The molecule has 1 aromatic carbocycles. The van der Waals surface area contributed by atoms with E-state index >= 15 is 9.59 Å². The Morgan fingerprint density at radius 1 is 0.769 bits per heavy atom. The molecule has 14 bridgehead atoms. The number of hydrogen-bond donors (Lipinski definition) is 2. The Balaban J connectivity index is 0.902. The van der Waals surface area contributed by atoms with Crippen LogP contribution in [0.5, 0.6) is 0 Å². The summed E-state index contributed by atoms with van der Waals surface area (Å²) in [4.78, 5) is 38.6. The van der Waals surface area contributed by atoms with Gasteiger partial charge in [0.2, 0.25) is 0 Å². The average Bonchev–Trinajstić information content (AvgIpc) is 1.57. The first-order valence-corrected chi connectivity index (χ1v) is 33.4. The van der Waals surface area contributed by atoms with Crippen molar-refractivity contribution in [3.8, 4) is 0 Å². The number of aryl methyl sites for hydroxylation is 1. The number of nitrogens with two attached hydrogens (primary N) is 1. The van der Waals surface area contributed by atoms with Crippen molar-refractivity contribution >= 4 is 11.9 Å².